The highest BCUT2D eigenvalue weighted by Gasteiger charge is 2.38. The number of rotatable bonds is 33. The van der Waals surface area contributed by atoms with E-state index in [-0.39, 0.29) is 93.9 Å². The molecule has 21 heteroatoms. The van der Waals surface area contributed by atoms with Crippen LogP contribution in [0.1, 0.15) is 236 Å². The Kier molecular flexibility index (Phi) is 46.4. The van der Waals surface area contributed by atoms with E-state index < -0.39 is 29.4 Å². The van der Waals surface area contributed by atoms with Gasteiger partial charge in [-0.25, -0.2) is 30.7 Å². The highest BCUT2D eigenvalue weighted by molar-refractivity contribution is 5.42. The van der Waals surface area contributed by atoms with E-state index >= 15 is 0 Å². The van der Waals surface area contributed by atoms with Crippen molar-refractivity contribution in [2.45, 2.75) is 165 Å². The van der Waals surface area contributed by atoms with Gasteiger partial charge in [0.25, 0.3) is 0 Å². The molecule has 14 rings (SSSR count). The van der Waals surface area contributed by atoms with Crippen molar-refractivity contribution >= 4 is 0 Å². The van der Waals surface area contributed by atoms with Crippen molar-refractivity contribution in [3.05, 3.63) is 458 Å². The second-order valence-corrected chi connectivity index (χ2v) is 33.8. The summed E-state index contributed by atoms with van der Waals surface area (Å²) < 4.78 is 170. The van der Waals surface area contributed by atoms with Gasteiger partial charge in [0, 0.05) is 47.9 Å². The molecular formula is C114H131F13N8. The van der Waals surface area contributed by atoms with Gasteiger partial charge in [-0.2, -0.15) is 26.3 Å². The molecule has 12 aromatic carbocycles. The van der Waals surface area contributed by atoms with Gasteiger partial charge >= 0.3 is 12.4 Å². The molecule has 1 aliphatic rings. The van der Waals surface area contributed by atoms with Gasteiger partial charge in [0.2, 0.25) is 0 Å². The standard InChI is InChI=1S/C19H23F2N.C19H25N.C17H15F6N.2C15H15F2N.C15H23N.C14H15FN2/c1-3-19(4-2,13-22)18(14-7-5-9-16(20)11-14)15-8-6-10-17(21)12-15;1-3-20(4-2)16-15-19(17-11-7-5-8-12-17)18-13-9-6-10-14-18;18-16(19,20)13-5-1-3-11(9-13)15(7-8-24)12-4-2-6-14(10-12)17(21,22)23;16-13-5-1-11(2-6-13)15(9-10-18)12-3-7-14(17)8-4-12;16-12-7-5-11(6-8-12)13(9-10-18)14-3-1-2-4-15(14)17;16-12-11-15(13-7-3-1-4-8-13)14-9-5-2-6-10-14;15-13-3-1-2-12(10-13)14(4-7-16)11-5-8-17-9-6-11/h5-12,18H,3-4,13,22H2,1-2H3;5-14,19H,3-4,15-16H2,1-2H3;1-6,9-10,15H,7-8,24H2;1-8,15H,9-10,18H2;1-8,13H,9-10,18H2;1,3-4,7-8,14-15H,2,5-6,9-12,16H2;1-3,5-6,8-10,14H,4,7,16H2. The predicted octanol–water partition coefficient (Wildman–Crippen LogP) is 27.9. The van der Waals surface area contributed by atoms with Gasteiger partial charge < -0.3 is 39.3 Å². The van der Waals surface area contributed by atoms with Gasteiger partial charge in [0.05, 0.1) is 11.1 Å². The lowest BCUT2D eigenvalue weighted by Gasteiger charge is -2.39. The molecular weight excluding hydrogens is 1730 g/mol. The fourth-order valence-electron chi connectivity index (χ4n) is 17.9. The zero-order chi connectivity index (χ0) is 97.6. The molecule has 0 saturated heterocycles. The van der Waals surface area contributed by atoms with Crippen molar-refractivity contribution in [3.8, 4) is 0 Å². The quantitative estimate of drug-likeness (QED) is 0.0221. The number of alkyl halides is 6. The maximum atomic E-state index is 13.8. The summed E-state index contributed by atoms with van der Waals surface area (Å²) in [7, 11) is 0. The molecule has 1 saturated carbocycles. The SMILES string of the molecule is CCC(CC)(CN)C(c1cccc(F)c1)c1cccc(F)c1.CCN(CC)CCC(c1ccccc1)c1ccccc1.NCCC(c1ccc(F)cc1)c1ccc(F)cc1.NCCC(c1ccc(F)cc1)c1ccccc1F.NCCC(c1cccc(C(F)(F)F)c1)c1cccc(C(F)(F)F)c1.NCCC(c1ccccc1)C1CCCCC1.NCCC(c1ccncc1)c1cccc(F)c1. The van der Waals surface area contributed by atoms with Gasteiger partial charge in [-0.05, 0) is 316 Å². The van der Waals surface area contributed by atoms with Crippen molar-refractivity contribution in [2.75, 3.05) is 58.9 Å². The highest BCUT2D eigenvalue weighted by atomic mass is 19.4. The van der Waals surface area contributed by atoms with Crippen LogP contribution in [0.15, 0.2) is 334 Å². The van der Waals surface area contributed by atoms with Crippen molar-refractivity contribution in [1.29, 1.82) is 0 Å². The van der Waals surface area contributed by atoms with E-state index in [2.05, 4.69) is 129 Å². The summed E-state index contributed by atoms with van der Waals surface area (Å²) >= 11 is 0. The number of pyridine rings is 1. The van der Waals surface area contributed by atoms with Gasteiger partial charge in [0.1, 0.15) is 40.7 Å². The number of nitrogens with zero attached hydrogens (tertiary/aromatic N) is 2. The lowest BCUT2D eigenvalue weighted by Crippen LogP contribution is -2.36. The molecule has 1 fully saturated rings. The molecule has 1 aromatic heterocycles. The second kappa shape index (κ2) is 57.5. The molecule has 0 spiro atoms. The van der Waals surface area contributed by atoms with Gasteiger partial charge in [0.15, 0.2) is 0 Å². The maximum Gasteiger partial charge on any atom is 0.416 e. The van der Waals surface area contributed by atoms with E-state index in [9.17, 15) is 57.1 Å². The Bertz CT molecular complexity index is 5240. The first-order valence-corrected chi connectivity index (χ1v) is 46.8. The van der Waals surface area contributed by atoms with Crippen LogP contribution in [0.25, 0.3) is 0 Å². The summed E-state index contributed by atoms with van der Waals surface area (Å²) in [5, 5.41) is 0. The van der Waals surface area contributed by atoms with Crippen LogP contribution in [0, 0.1) is 52.1 Å². The molecule has 3 atom stereocenters. The molecule has 1 aliphatic carbocycles. The van der Waals surface area contributed by atoms with Crippen LogP contribution >= 0.6 is 0 Å². The number of halogens is 13. The Labute approximate surface area is 790 Å². The van der Waals surface area contributed by atoms with Crippen molar-refractivity contribution < 1.29 is 57.1 Å². The monoisotopic (exact) mass is 1860 g/mol. The second-order valence-electron chi connectivity index (χ2n) is 33.8. The molecule has 0 bridgehead atoms. The Balaban J connectivity index is 0.000000194. The summed E-state index contributed by atoms with van der Waals surface area (Å²) in [5.41, 5.74) is 44.5. The van der Waals surface area contributed by atoms with Crippen LogP contribution in [0.2, 0.25) is 0 Å². The fraction of sp³-hybridized carbons (Fsp3) is 0.325. The molecule has 718 valence electrons. The zero-order valence-electron chi connectivity index (χ0n) is 77.7. The van der Waals surface area contributed by atoms with Crippen molar-refractivity contribution in [2.24, 2.45) is 45.7 Å². The largest absolute Gasteiger partial charge is 0.416 e. The number of benzene rings is 12. The number of hydrogen-bond acceptors (Lipinski definition) is 8. The minimum Gasteiger partial charge on any atom is -0.330 e. The molecule has 135 heavy (non-hydrogen) atoms. The van der Waals surface area contributed by atoms with E-state index in [1.807, 2.05) is 30.3 Å². The van der Waals surface area contributed by atoms with Gasteiger partial charge in [-0.1, -0.05) is 265 Å². The lowest BCUT2D eigenvalue weighted by atomic mass is 9.65. The minimum atomic E-state index is -4.52. The predicted molar refractivity (Wildman–Crippen MR) is 524 cm³/mol. The Hall–Kier alpha value is -11.4. The fourth-order valence-corrected chi connectivity index (χ4v) is 17.9. The molecule has 3 unspecified atom stereocenters. The smallest absolute Gasteiger partial charge is 0.330 e. The van der Waals surface area contributed by atoms with E-state index in [4.69, 9.17) is 34.4 Å². The third-order valence-electron chi connectivity index (χ3n) is 25.3. The topological polar surface area (TPSA) is 172 Å². The zero-order valence-corrected chi connectivity index (χ0v) is 77.7. The van der Waals surface area contributed by atoms with Crippen LogP contribution in [-0.4, -0.2) is 68.8 Å². The van der Waals surface area contributed by atoms with E-state index in [1.54, 1.807) is 91.3 Å². The molecule has 1 heterocycles. The van der Waals surface area contributed by atoms with Crippen LogP contribution in [-0.2, 0) is 12.4 Å². The summed E-state index contributed by atoms with van der Waals surface area (Å²) in [4.78, 5) is 6.49. The van der Waals surface area contributed by atoms with Crippen molar-refractivity contribution in [3.63, 3.8) is 0 Å². The first-order chi connectivity index (χ1) is 65.2. The van der Waals surface area contributed by atoms with Crippen LogP contribution < -0.4 is 34.4 Å². The number of aromatic nitrogens is 1. The third kappa shape index (κ3) is 34.7. The van der Waals surface area contributed by atoms with Crippen LogP contribution in [0.4, 0.5) is 57.1 Å². The van der Waals surface area contributed by atoms with Gasteiger partial charge in [-0.3, -0.25) is 4.98 Å². The summed E-state index contributed by atoms with van der Waals surface area (Å²) in [5.74, 6) is -0.435. The molecule has 8 nitrogen and oxygen atoms in total. The molecule has 13 aromatic rings. The van der Waals surface area contributed by atoms with Crippen molar-refractivity contribution in [1.82, 2.24) is 9.88 Å². The summed E-state index contributed by atoms with van der Waals surface area (Å²) in [6, 6.07) is 91.1. The first kappa shape index (κ1) is 109. The Morgan fingerprint density at radius 3 is 1.00 bits per heavy atom. The van der Waals surface area contributed by atoms with E-state index in [0.717, 1.165) is 127 Å². The maximum absolute atomic E-state index is 13.8. The van der Waals surface area contributed by atoms with E-state index in [1.165, 1.54) is 152 Å². The molecule has 12 N–H and O–H groups in total. The van der Waals surface area contributed by atoms with E-state index in [0.29, 0.717) is 50.0 Å². The molecule has 0 aliphatic heterocycles. The lowest BCUT2D eigenvalue weighted by molar-refractivity contribution is -0.138. The summed E-state index contributed by atoms with van der Waals surface area (Å²) in [6.45, 7) is 15.0. The minimum absolute atomic E-state index is 0.0798. The number of nitrogens with two attached hydrogens (primary N) is 6. The third-order valence-corrected chi connectivity index (χ3v) is 25.3. The molecule has 0 amide bonds. The first-order valence-electron chi connectivity index (χ1n) is 46.8. The normalized spacial score (nSPS) is 12.8. The molecule has 0 radical (unpaired) electrons. The average Bonchev–Trinajstić information content (AvgIpc) is 0.828. The van der Waals surface area contributed by atoms with Crippen LogP contribution in [0.5, 0.6) is 0 Å². The Morgan fingerprint density at radius 2 is 0.622 bits per heavy atom. The Morgan fingerprint density at radius 1 is 0.304 bits per heavy atom. The highest BCUT2D eigenvalue weighted by Crippen LogP contribution is 2.47. The average molecular weight is 1860 g/mol. The van der Waals surface area contributed by atoms with Crippen LogP contribution in [0.3, 0.4) is 0 Å². The number of hydrogen-bond donors (Lipinski definition) is 6. The van der Waals surface area contributed by atoms with Gasteiger partial charge in [-0.15, -0.1) is 0 Å². The summed E-state index contributed by atoms with van der Waals surface area (Å²) in [6.07, 6.45) is 7.96.